The fourth-order valence-corrected chi connectivity index (χ4v) is 4.64. The lowest BCUT2D eigenvalue weighted by atomic mass is 9.85. The largest absolute Gasteiger partial charge is 0.460 e. The van der Waals surface area contributed by atoms with E-state index in [-0.39, 0.29) is 25.0 Å². The molecule has 5 rings (SSSR count). The van der Waals surface area contributed by atoms with Gasteiger partial charge in [0, 0.05) is 16.5 Å². The summed E-state index contributed by atoms with van der Waals surface area (Å²) in [4.78, 5) is 36.1. The monoisotopic (exact) mass is 461 g/mol. The second-order valence-electron chi connectivity index (χ2n) is 9.84. The fraction of sp³-hybridized carbons (Fsp3) is 0.385. The Morgan fingerprint density at radius 1 is 1.26 bits per heavy atom. The van der Waals surface area contributed by atoms with E-state index in [1.54, 1.807) is 23.8 Å². The van der Waals surface area contributed by atoms with Crippen LogP contribution in [0.1, 0.15) is 62.8 Å². The number of benzene rings is 1. The Balaban J connectivity index is 1.74. The van der Waals surface area contributed by atoms with Crippen molar-refractivity contribution in [2.75, 3.05) is 0 Å². The summed E-state index contributed by atoms with van der Waals surface area (Å²) in [6, 6.07) is 9.52. The summed E-state index contributed by atoms with van der Waals surface area (Å²) in [6.45, 7) is 7.69. The second-order valence-corrected chi connectivity index (χ2v) is 9.84. The van der Waals surface area contributed by atoms with Crippen molar-refractivity contribution in [1.29, 1.82) is 0 Å². The second kappa shape index (κ2) is 7.77. The average molecular weight is 462 g/mol. The highest BCUT2D eigenvalue weighted by molar-refractivity contribution is 6.02. The number of cyclic esters (lactones) is 1. The molecule has 1 atom stereocenters. The van der Waals surface area contributed by atoms with Gasteiger partial charge >= 0.3 is 5.97 Å². The van der Waals surface area contributed by atoms with Crippen LogP contribution in [0.5, 0.6) is 0 Å². The predicted molar refractivity (Wildman–Crippen MR) is 128 cm³/mol. The van der Waals surface area contributed by atoms with Crippen LogP contribution >= 0.6 is 0 Å². The topological polar surface area (TPSA) is 103 Å². The number of carbonyl (C=O) groups excluding carboxylic acids is 1. The number of aliphatic hydroxyl groups is 1. The third-order valence-corrected chi connectivity index (χ3v) is 6.41. The SMILES string of the molecule is CCC1(O)CC(=O)OCc2c1cc1n(c2=O)Cc2c-1nc1ccccc1c2/C=N/OC(C)(C)C. The maximum absolute atomic E-state index is 13.6. The number of hydrogen-bond acceptors (Lipinski definition) is 7. The van der Waals surface area contributed by atoms with Crippen molar-refractivity contribution in [1.82, 2.24) is 9.55 Å². The summed E-state index contributed by atoms with van der Waals surface area (Å²) < 4.78 is 6.88. The van der Waals surface area contributed by atoms with E-state index in [2.05, 4.69) is 5.16 Å². The molecule has 0 saturated carbocycles. The average Bonchev–Trinajstić information content (AvgIpc) is 3.09. The zero-order valence-electron chi connectivity index (χ0n) is 19.7. The molecule has 0 radical (unpaired) electrons. The molecule has 8 heteroatoms. The number of aromatic nitrogens is 2. The third kappa shape index (κ3) is 3.58. The number of nitrogens with zero attached hydrogens (tertiary/aromatic N) is 3. The fourth-order valence-electron chi connectivity index (χ4n) is 4.64. The highest BCUT2D eigenvalue weighted by atomic mass is 16.6. The Hall–Kier alpha value is -3.52. The molecule has 0 spiro atoms. The molecule has 2 aliphatic rings. The van der Waals surface area contributed by atoms with Crippen LogP contribution in [0.3, 0.4) is 0 Å². The van der Waals surface area contributed by atoms with Crippen molar-refractivity contribution in [2.24, 2.45) is 5.16 Å². The van der Waals surface area contributed by atoms with Gasteiger partial charge in [-0.3, -0.25) is 9.59 Å². The molecular weight excluding hydrogens is 434 g/mol. The first-order valence-corrected chi connectivity index (χ1v) is 11.4. The van der Waals surface area contributed by atoms with E-state index in [9.17, 15) is 14.7 Å². The van der Waals surface area contributed by atoms with E-state index in [0.29, 0.717) is 29.1 Å². The van der Waals surface area contributed by atoms with Gasteiger partial charge in [0.25, 0.3) is 5.56 Å². The van der Waals surface area contributed by atoms with Crippen LogP contribution in [0.25, 0.3) is 22.3 Å². The number of carbonyl (C=O) groups is 1. The lowest BCUT2D eigenvalue weighted by Gasteiger charge is -2.26. The molecule has 2 aliphatic heterocycles. The molecule has 1 unspecified atom stereocenters. The van der Waals surface area contributed by atoms with Crippen molar-refractivity contribution in [3.63, 3.8) is 0 Å². The molecule has 8 nitrogen and oxygen atoms in total. The number of esters is 1. The maximum Gasteiger partial charge on any atom is 0.309 e. The van der Waals surface area contributed by atoms with Gasteiger partial charge in [-0.2, -0.15) is 0 Å². The molecule has 0 aliphatic carbocycles. The molecule has 3 aromatic rings. The number of hydrogen-bond donors (Lipinski definition) is 1. The van der Waals surface area contributed by atoms with Crippen molar-refractivity contribution in [2.45, 2.75) is 64.9 Å². The molecule has 2 aromatic heterocycles. The molecule has 176 valence electrons. The van der Waals surface area contributed by atoms with Crippen LogP contribution in [0.15, 0.2) is 40.3 Å². The van der Waals surface area contributed by atoms with Crippen LogP contribution in [-0.2, 0) is 33.1 Å². The van der Waals surface area contributed by atoms with E-state index < -0.39 is 17.2 Å². The van der Waals surface area contributed by atoms with Crippen molar-refractivity contribution < 1.29 is 19.5 Å². The third-order valence-electron chi connectivity index (χ3n) is 6.41. The normalized spacial score (nSPS) is 19.5. The van der Waals surface area contributed by atoms with Gasteiger partial charge in [0.05, 0.1) is 41.6 Å². The van der Waals surface area contributed by atoms with Gasteiger partial charge in [0.2, 0.25) is 0 Å². The van der Waals surface area contributed by atoms with Gasteiger partial charge in [0.1, 0.15) is 17.8 Å². The Morgan fingerprint density at radius 3 is 2.76 bits per heavy atom. The first-order chi connectivity index (χ1) is 16.1. The number of pyridine rings is 2. The predicted octanol–water partition coefficient (Wildman–Crippen LogP) is 3.62. The van der Waals surface area contributed by atoms with Gasteiger partial charge in [-0.25, -0.2) is 4.98 Å². The smallest absolute Gasteiger partial charge is 0.309 e. The molecule has 1 aromatic carbocycles. The first kappa shape index (κ1) is 22.3. The molecule has 0 fully saturated rings. The number of ether oxygens (including phenoxy) is 1. The lowest BCUT2D eigenvalue weighted by molar-refractivity contribution is -0.149. The van der Waals surface area contributed by atoms with E-state index in [1.807, 2.05) is 45.0 Å². The number of para-hydroxylation sites is 1. The zero-order chi connectivity index (χ0) is 24.3. The summed E-state index contributed by atoms with van der Waals surface area (Å²) in [7, 11) is 0. The standard InChI is InChI=1S/C26H27N3O5/c1-5-26(32)11-22(30)33-14-18-19(26)10-21-23-17(13-29(21)24(18)31)16(12-27-34-25(2,3)4)15-8-6-7-9-20(15)28-23/h6-10,12,32H,5,11,13-14H2,1-4H3/b27-12+. The summed E-state index contributed by atoms with van der Waals surface area (Å²) in [5.41, 5.74) is 2.26. The van der Waals surface area contributed by atoms with Crippen LogP contribution in [0.2, 0.25) is 0 Å². The van der Waals surface area contributed by atoms with Gasteiger partial charge in [-0.05, 0) is 44.9 Å². The maximum atomic E-state index is 13.6. The Morgan fingerprint density at radius 2 is 2.03 bits per heavy atom. The van der Waals surface area contributed by atoms with E-state index in [1.165, 1.54) is 0 Å². The molecule has 1 N–H and O–H groups in total. The number of rotatable bonds is 3. The Kier molecular flexibility index (Phi) is 5.09. The van der Waals surface area contributed by atoms with Crippen molar-refractivity contribution in [3.05, 3.63) is 62.9 Å². The van der Waals surface area contributed by atoms with Gasteiger partial charge in [-0.15, -0.1) is 0 Å². The number of fused-ring (bicyclic) bond motifs is 5. The van der Waals surface area contributed by atoms with Crippen LogP contribution in [0, 0.1) is 0 Å². The number of oxime groups is 1. The highest BCUT2D eigenvalue weighted by Gasteiger charge is 2.39. The van der Waals surface area contributed by atoms with Gasteiger partial charge in [-0.1, -0.05) is 30.3 Å². The van der Waals surface area contributed by atoms with E-state index in [0.717, 1.165) is 22.0 Å². The minimum absolute atomic E-state index is 0.158. The van der Waals surface area contributed by atoms with E-state index in [4.69, 9.17) is 14.6 Å². The van der Waals surface area contributed by atoms with Crippen LogP contribution < -0.4 is 5.56 Å². The van der Waals surface area contributed by atoms with Gasteiger partial charge in [0.15, 0.2) is 0 Å². The summed E-state index contributed by atoms with van der Waals surface area (Å²) >= 11 is 0. The minimum atomic E-state index is -1.47. The lowest BCUT2D eigenvalue weighted by Crippen LogP contribution is -2.32. The molecule has 0 bridgehead atoms. The van der Waals surface area contributed by atoms with E-state index >= 15 is 0 Å². The summed E-state index contributed by atoms with van der Waals surface area (Å²) in [5.74, 6) is -0.521. The van der Waals surface area contributed by atoms with Crippen LogP contribution in [0.4, 0.5) is 0 Å². The van der Waals surface area contributed by atoms with Crippen molar-refractivity contribution in [3.8, 4) is 11.4 Å². The van der Waals surface area contributed by atoms with Crippen molar-refractivity contribution >= 4 is 23.1 Å². The Labute approximate surface area is 196 Å². The zero-order valence-corrected chi connectivity index (χ0v) is 19.7. The van der Waals surface area contributed by atoms with Gasteiger partial charge < -0.3 is 19.2 Å². The highest BCUT2D eigenvalue weighted by Crippen LogP contribution is 2.40. The molecule has 34 heavy (non-hydrogen) atoms. The molecular formula is C26H27N3O5. The Bertz CT molecular complexity index is 1420. The minimum Gasteiger partial charge on any atom is -0.460 e. The molecule has 0 amide bonds. The summed E-state index contributed by atoms with van der Waals surface area (Å²) in [6.07, 6.45) is 1.76. The van der Waals surface area contributed by atoms with Crippen LogP contribution in [-0.4, -0.2) is 32.4 Å². The quantitative estimate of drug-likeness (QED) is 0.284. The molecule has 4 heterocycles. The summed E-state index contributed by atoms with van der Waals surface area (Å²) in [5, 5.41) is 16.4. The first-order valence-electron chi connectivity index (χ1n) is 11.4. The molecule has 0 saturated heterocycles.